The van der Waals surface area contributed by atoms with Crippen molar-refractivity contribution >= 4 is 40.1 Å². The van der Waals surface area contributed by atoms with Crippen LogP contribution in [0.25, 0.3) is 21.6 Å². The van der Waals surface area contributed by atoms with E-state index >= 15 is 0 Å². The number of hydrogen-bond donors (Lipinski definition) is 1. The zero-order valence-corrected chi connectivity index (χ0v) is 19.9. The molecule has 1 saturated carbocycles. The standard InChI is InChI=1S/C26H24N6O2S/c1-2-23(33)31-12-9-26(16-31)13-17(14-26)32-20-6-4-3-5-18(20)29-25(32)30-24(34)22-8-7-21(35-22)19-15-27-10-11-28-19/h2-8,10-11,15,17H,1,9,12-14,16H2,(H,29,30,34). The molecule has 6 rings (SSSR count). The third kappa shape index (κ3) is 3.81. The van der Waals surface area contributed by atoms with Crippen LogP contribution in [0.5, 0.6) is 0 Å². The van der Waals surface area contributed by atoms with E-state index in [-0.39, 0.29) is 23.3 Å². The highest BCUT2D eigenvalue weighted by Gasteiger charge is 2.50. The van der Waals surface area contributed by atoms with Crippen LogP contribution in [0.4, 0.5) is 5.95 Å². The Balaban J connectivity index is 1.24. The molecule has 4 heterocycles. The second-order valence-electron chi connectivity index (χ2n) is 9.28. The second kappa shape index (κ2) is 8.42. The SMILES string of the molecule is C=CC(=O)N1CCC2(CC(n3c(NC(=O)c4ccc(-c5cnccn5)s4)nc4ccccc43)C2)C1. The van der Waals surface area contributed by atoms with E-state index in [2.05, 4.69) is 26.4 Å². The predicted octanol–water partition coefficient (Wildman–Crippen LogP) is 4.55. The molecule has 2 fully saturated rings. The second-order valence-corrected chi connectivity index (χ2v) is 10.4. The highest BCUT2D eigenvalue weighted by Crippen LogP contribution is 2.55. The van der Waals surface area contributed by atoms with Crippen molar-refractivity contribution in [2.24, 2.45) is 5.41 Å². The molecule has 0 radical (unpaired) electrons. The molecule has 0 bridgehead atoms. The molecule has 176 valence electrons. The molecule has 0 unspecified atom stereocenters. The van der Waals surface area contributed by atoms with Crippen LogP contribution in [0, 0.1) is 5.41 Å². The number of thiophene rings is 1. The summed E-state index contributed by atoms with van der Waals surface area (Å²) in [5, 5.41) is 3.05. The Kier molecular flexibility index (Phi) is 5.21. The van der Waals surface area contributed by atoms with Gasteiger partial charge >= 0.3 is 0 Å². The molecular formula is C26H24N6O2S. The van der Waals surface area contributed by atoms with Crippen LogP contribution in [-0.2, 0) is 4.79 Å². The fourth-order valence-corrected chi connectivity index (χ4v) is 6.26. The lowest BCUT2D eigenvalue weighted by Gasteiger charge is -2.46. The summed E-state index contributed by atoms with van der Waals surface area (Å²) < 4.78 is 2.16. The first-order valence-electron chi connectivity index (χ1n) is 11.6. The van der Waals surface area contributed by atoms with Gasteiger partial charge in [-0.05, 0) is 55.0 Å². The lowest BCUT2D eigenvalue weighted by Crippen LogP contribution is -2.42. The zero-order valence-electron chi connectivity index (χ0n) is 19.1. The van der Waals surface area contributed by atoms with Crippen LogP contribution in [0.2, 0.25) is 0 Å². The number of hydrogen-bond acceptors (Lipinski definition) is 6. The van der Waals surface area contributed by atoms with Gasteiger partial charge in [0.2, 0.25) is 11.9 Å². The molecule has 9 heteroatoms. The summed E-state index contributed by atoms with van der Waals surface area (Å²) in [7, 11) is 0. The fraction of sp³-hybridized carbons (Fsp3) is 0.269. The summed E-state index contributed by atoms with van der Waals surface area (Å²) in [6, 6.07) is 11.9. The van der Waals surface area contributed by atoms with Crippen molar-refractivity contribution in [2.45, 2.75) is 25.3 Å². The maximum absolute atomic E-state index is 13.2. The van der Waals surface area contributed by atoms with Crippen LogP contribution in [0.1, 0.15) is 35.0 Å². The molecule has 1 aromatic carbocycles. The van der Waals surface area contributed by atoms with Crippen molar-refractivity contribution in [1.29, 1.82) is 0 Å². The molecule has 1 aliphatic heterocycles. The van der Waals surface area contributed by atoms with E-state index in [0.29, 0.717) is 10.8 Å². The van der Waals surface area contributed by atoms with Crippen molar-refractivity contribution < 1.29 is 9.59 Å². The average Bonchev–Trinajstić information content (AvgIpc) is 3.60. The number of fused-ring (bicyclic) bond motifs is 1. The summed E-state index contributed by atoms with van der Waals surface area (Å²) in [6.45, 7) is 5.16. The molecular weight excluding hydrogens is 460 g/mol. The van der Waals surface area contributed by atoms with E-state index in [1.165, 1.54) is 17.4 Å². The Labute approximate surface area is 206 Å². The Bertz CT molecular complexity index is 1440. The number of para-hydroxylation sites is 2. The zero-order chi connectivity index (χ0) is 24.0. The molecule has 4 aromatic rings. The average molecular weight is 485 g/mol. The van der Waals surface area contributed by atoms with Gasteiger partial charge in [0.1, 0.15) is 0 Å². The number of rotatable bonds is 5. The number of imidazole rings is 1. The molecule has 1 aliphatic carbocycles. The number of nitrogens with one attached hydrogen (secondary N) is 1. The van der Waals surface area contributed by atoms with Crippen LogP contribution in [0.3, 0.4) is 0 Å². The van der Waals surface area contributed by atoms with Crippen molar-refractivity contribution in [3.05, 3.63) is 72.5 Å². The Hall–Kier alpha value is -3.85. The molecule has 2 amide bonds. The summed E-state index contributed by atoms with van der Waals surface area (Å²) in [5.74, 6) is 0.366. The molecule has 1 saturated heterocycles. The van der Waals surface area contributed by atoms with E-state index in [0.717, 1.165) is 54.0 Å². The quantitative estimate of drug-likeness (QED) is 0.420. The molecule has 35 heavy (non-hydrogen) atoms. The third-order valence-corrected chi connectivity index (χ3v) is 8.20. The van der Waals surface area contributed by atoms with Crippen LogP contribution in [-0.4, -0.2) is 49.3 Å². The summed E-state index contributed by atoms with van der Waals surface area (Å²) in [5.41, 5.74) is 2.73. The van der Waals surface area contributed by atoms with Gasteiger partial charge in [-0.1, -0.05) is 18.7 Å². The maximum Gasteiger partial charge on any atom is 0.268 e. The Morgan fingerprint density at radius 3 is 2.83 bits per heavy atom. The molecule has 0 atom stereocenters. The van der Waals surface area contributed by atoms with Gasteiger partial charge in [-0.2, -0.15) is 0 Å². The minimum Gasteiger partial charge on any atom is -0.339 e. The molecule has 1 N–H and O–H groups in total. The maximum atomic E-state index is 13.2. The number of amides is 2. The normalized spacial score (nSPS) is 21.3. The van der Waals surface area contributed by atoms with Gasteiger partial charge in [0.05, 0.1) is 32.7 Å². The van der Waals surface area contributed by atoms with Crippen LogP contribution >= 0.6 is 11.3 Å². The van der Waals surface area contributed by atoms with Crippen molar-refractivity contribution in [2.75, 3.05) is 18.4 Å². The summed E-state index contributed by atoms with van der Waals surface area (Å²) in [6.07, 6.45) is 9.25. The molecule has 3 aromatic heterocycles. The fourth-order valence-electron chi connectivity index (χ4n) is 5.40. The highest BCUT2D eigenvalue weighted by atomic mass is 32.1. The first-order valence-corrected chi connectivity index (χ1v) is 12.4. The first-order chi connectivity index (χ1) is 17.0. The van der Waals surface area contributed by atoms with Crippen molar-refractivity contribution in [3.8, 4) is 10.6 Å². The van der Waals surface area contributed by atoms with Gasteiger partial charge in [0.15, 0.2) is 0 Å². The Morgan fingerprint density at radius 1 is 1.17 bits per heavy atom. The minimum absolute atomic E-state index is 0.00293. The number of benzene rings is 1. The first kappa shape index (κ1) is 21.7. The summed E-state index contributed by atoms with van der Waals surface area (Å²) in [4.78, 5) is 41.8. The lowest BCUT2D eigenvalue weighted by atomic mass is 9.65. The van der Waals surface area contributed by atoms with E-state index in [1.807, 2.05) is 35.2 Å². The molecule has 1 spiro atoms. The summed E-state index contributed by atoms with van der Waals surface area (Å²) >= 11 is 1.38. The van der Waals surface area contributed by atoms with E-state index in [9.17, 15) is 9.59 Å². The number of aromatic nitrogens is 4. The smallest absolute Gasteiger partial charge is 0.268 e. The predicted molar refractivity (Wildman–Crippen MR) is 135 cm³/mol. The topological polar surface area (TPSA) is 93.0 Å². The van der Waals surface area contributed by atoms with Gasteiger partial charge in [-0.15, -0.1) is 11.3 Å². The number of anilines is 1. The van der Waals surface area contributed by atoms with E-state index in [4.69, 9.17) is 4.98 Å². The van der Waals surface area contributed by atoms with Gasteiger partial charge in [-0.25, -0.2) is 4.98 Å². The number of carbonyl (C=O) groups excluding carboxylic acids is 2. The monoisotopic (exact) mass is 484 g/mol. The van der Waals surface area contributed by atoms with Gasteiger partial charge in [-0.3, -0.25) is 24.9 Å². The lowest BCUT2D eigenvalue weighted by molar-refractivity contribution is -0.125. The molecule has 8 nitrogen and oxygen atoms in total. The third-order valence-electron chi connectivity index (χ3n) is 7.09. The van der Waals surface area contributed by atoms with Gasteiger partial charge in [0, 0.05) is 31.5 Å². The van der Waals surface area contributed by atoms with Gasteiger partial charge < -0.3 is 9.47 Å². The minimum atomic E-state index is -0.195. The largest absolute Gasteiger partial charge is 0.339 e. The van der Waals surface area contributed by atoms with Crippen LogP contribution < -0.4 is 5.32 Å². The number of carbonyl (C=O) groups is 2. The number of likely N-dealkylation sites (tertiary alicyclic amines) is 1. The van der Waals surface area contributed by atoms with E-state index < -0.39 is 0 Å². The Morgan fingerprint density at radius 2 is 2.03 bits per heavy atom. The highest BCUT2D eigenvalue weighted by molar-refractivity contribution is 7.17. The van der Waals surface area contributed by atoms with Crippen molar-refractivity contribution in [1.82, 2.24) is 24.4 Å². The molecule has 2 aliphatic rings. The van der Waals surface area contributed by atoms with Gasteiger partial charge in [0.25, 0.3) is 5.91 Å². The van der Waals surface area contributed by atoms with Crippen LogP contribution in [0.15, 0.2) is 67.6 Å². The number of nitrogens with zero attached hydrogens (tertiary/aromatic N) is 5. The van der Waals surface area contributed by atoms with E-state index in [1.54, 1.807) is 24.7 Å². The van der Waals surface area contributed by atoms with Crippen molar-refractivity contribution in [3.63, 3.8) is 0 Å².